The van der Waals surface area contributed by atoms with Crippen LogP contribution in [-0.4, -0.2) is 40.9 Å². The molecule has 0 aliphatic rings. The number of hydrogen-bond acceptors (Lipinski definition) is 4. The van der Waals surface area contributed by atoms with Crippen molar-refractivity contribution in [3.05, 3.63) is 0 Å². The average molecular weight is 204 g/mol. The lowest BCUT2D eigenvalue weighted by atomic mass is 10.0. The molecule has 0 aromatic rings. The molecule has 5 N–H and O–H groups in total. The highest BCUT2D eigenvalue weighted by Gasteiger charge is 2.23. The number of nitrogens with two attached hydrogens (primary N) is 1. The second-order valence-electron chi connectivity index (χ2n) is 4.14. The Kier molecular flexibility index (Phi) is 5.04. The molecule has 84 valence electrons. The van der Waals surface area contributed by atoms with Gasteiger partial charge in [-0.25, -0.2) is 0 Å². The topological polar surface area (TPSA) is 95.6 Å². The number of hydrogen-bond donors (Lipinski definition) is 4. The summed E-state index contributed by atoms with van der Waals surface area (Å²) in [4.78, 5) is 11.3. The largest absolute Gasteiger partial charge is 0.393 e. The minimum absolute atomic E-state index is 0.00273. The zero-order chi connectivity index (χ0) is 11.4. The minimum Gasteiger partial charge on any atom is -0.393 e. The van der Waals surface area contributed by atoms with E-state index in [2.05, 4.69) is 5.32 Å². The van der Waals surface area contributed by atoms with Gasteiger partial charge in [0, 0.05) is 6.54 Å². The Morgan fingerprint density at radius 3 is 2.43 bits per heavy atom. The molecule has 0 aliphatic carbocycles. The highest BCUT2D eigenvalue weighted by molar-refractivity contribution is 5.81. The highest BCUT2D eigenvalue weighted by Crippen LogP contribution is 2.01. The van der Waals surface area contributed by atoms with Crippen molar-refractivity contribution in [1.29, 1.82) is 0 Å². The van der Waals surface area contributed by atoms with E-state index in [-0.39, 0.29) is 18.4 Å². The van der Waals surface area contributed by atoms with Gasteiger partial charge in [-0.1, -0.05) is 13.8 Å². The van der Waals surface area contributed by atoms with Crippen molar-refractivity contribution >= 4 is 5.91 Å². The van der Waals surface area contributed by atoms with E-state index in [1.165, 1.54) is 6.92 Å². The first-order chi connectivity index (χ1) is 6.30. The van der Waals surface area contributed by atoms with E-state index in [9.17, 15) is 9.90 Å². The molecule has 0 aliphatic heterocycles. The summed E-state index contributed by atoms with van der Waals surface area (Å²) in [6, 6.07) is -0.579. The number of carbonyl (C=O) groups is 1. The van der Waals surface area contributed by atoms with E-state index in [4.69, 9.17) is 10.8 Å². The number of aliphatic hydroxyl groups is 2. The summed E-state index contributed by atoms with van der Waals surface area (Å²) < 4.78 is 0. The molecular weight excluding hydrogens is 184 g/mol. The van der Waals surface area contributed by atoms with Crippen LogP contribution in [0.25, 0.3) is 0 Å². The van der Waals surface area contributed by atoms with Crippen LogP contribution in [-0.2, 0) is 4.79 Å². The monoisotopic (exact) mass is 204 g/mol. The first-order valence-electron chi connectivity index (χ1n) is 4.66. The maximum absolute atomic E-state index is 11.3. The van der Waals surface area contributed by atoms with Crippen LogP contribution < -0.4 is 11.1 Å². The van der Waals surface area contributed by atoms with E-state index >= 15 is 0 Å². The van der Waals surface area contributed by atoms with E-state index in [0.717, 1.165) is 0 Å². The summed E-state index contributed by atoms with van der Waals surface area (Å²) in [6.45, 7) is 4.73. The van der Waals surface area contributed by atoms with Gasteiger partial charge < -0.3 is 21.3 Å². The Hall–Kier alpha value is -0.650. The fraction of sp³-hybridized carbons (Fsp3) is 0.889. The summed E-state index contributed by atoms with van der Waals surface area (Å²) in [5.41, 5.74) is 4.29. The van der Waals surface area contributed by atoms with Crippen LogP contribution in [0.15, 0.2) is 0 Å². The second kappa shape index (κ2) is 5.29. The molecule has 5 heteroatoms. The van der Waals surface area contributed by atoms with Gasteiger partial charge in [0.15, 0.2) is 0 Å². The van der Waals surface area contributed by atoms with Crippen molar-refractivity contribution in [3.63, 3.8) is 0 Å². The van der Waals surface area contributed by atoms with E-state index in [1.807, 2.05) is 13.8 Å². The predicted octanol–water partition coefficient (Wildman–Crippen LogP) is -1.17. The lowest BCUT2D eigenvalue weighted by Gasteiger charge is -2.22. The van der Waals surface area contributed by atoms with E-state index < -0.39 is 18.2 Å². The van der Waals surface area contributed by atoms with Crippen LogP contribution >= 0.6 is 0 Å². The molecule has 14 heavy (non-hydrogen) atoms. The van der Waals surface area contributed by atoms with Gasteiger partial charge in [0.25, 0.3) is 0 Å². The van der Waals surface area contributed by atoms with Gasteiger partial charge in [-0.3, -0.25) is 4.79 Å². The fourth-order valence-electron chi connectivity index (χ4n) is 0.754. The molecule has 0 spiro atoms. The minimum atomic E-state index is -1.29. The lowest BCUT2D eigenvalue weighted by molar-refractivity contribution is -0.124. The van der Waals surface area contributed by atoms with Gasteiger partial charge >= 0.3 is 0 Å². The SMILES string of the molecule is CC(C)C(N)C(=O)NCC(C)(O)CO. The second-order valence-corrected chi connectivity index (χ2v) is 4.14. The number of amides is 1. The molecule has 0 saturated heterocycles. The quantitative estimate of drug-likeness (QED) is 0.454. The molecule has 0 heterocycles. The predicted molar refractivity (Wildman–Crippen MR) is 53.5 cm³/mol. The van der Waals surface area contributed by atoms with Crippen LogP contribution in [0.3, 0.4) is 0 Å². The van der Waals surface area contributed by atoms with Gasteiger partial charge in [-0.05, 0) is 12.8 Å². The smallest absolute Gasteiger partial charge is 0.237 e. The van der Waals surface area contributed by atoms with E-state index in [1.54, 1.807) is 0 Å². The van der Waals surface area contributed by atoms with Gasteiger partial charge in [0.05, 0.1) is 12.6 Å². The third-order valence-electron chi connectivity index (χ3n) is 2.01. The van der Waals surface area contributed by atoms with Crippen LogP contribution in [0.4, 0.5) is 0 Å². The molecule has 5 nitrogen and oxygen atoms in total. The standard InChI is InChI=1S/C9H20N2O3/c1-6(2)7(10)8(13)11-4-9(3,14)5-12/h6-7,12,14H,4-5,10H2,1-3H3,(H,11,13). The zero-order valence-electron chi connectivity index (χ0n) is 8.95. The van der Waals surface area contributed by atoms with Crippen molar-refractivity contribution < 1.29 is 15.0 Å². The number of nitrogens with one attached hydrogen (secondary N) is 1. The Morgan fingerprint density at radius 1 is 1.57 bits per heavy atom. The fourth-order valence-corrected chi connectivity index (χ4v) is 0.754. The van der Waals surface area contributed by atoms with Crippen molar-refractivity contribution in [2.45, 2.75) is 32.4 Å². The maximum atomic E-state index is 11.3. The Morgan fingerprint density at radius 2 is 2.07 bits per heavy atom. The van der Waals surface area contributed by atoms with Gasteiger partial charge in [-0.2, -0.15) is 0 Å². The molecule has 0 saturated carbocycles. The van der Waals surface area contributed by atoms with Crippen molar-refractivity contribution in [2.75, 3.05) is 13.2 Å². The molecule has 0 rings (SSSR count). The van der Waals surface area contributed by atoms with Crippen LogP contribution in [0.2, 0.25) is 0 Å². The van der Waals surface area contributed by atoms with Gasteiger partial charge in [0.1, 0.15) is 5.60 Å². The maximum Gasteiger partial charge on any atom is 0.237 e. The number of carbonyl (C=O) groups excluding carboxylic acids is 1. The highest BCUT2D eigenvalue weighted by atomic mass is 16.3. The summed E-state index contributed by atoms with van der Waals surface area (Å²) >= 11 is 0. The summed E-state index contributed by atoms with van der Waals surface area (Å²) in [6.07, 6.45) is 0. The Balaban J connectivity index is 3.97. The van der Waals surface area contributed by atoms with Crippen molar-refractivity contribution in [1.82, 2.24) is 5.32 Å². The summed E-state index contributed by atoms with van der Waals surface area (Å²) in [5, 5.41) is 20.6. The van der Waals surface area contributed by atoms with Crippen LogP contribution in [0, 0.1) is 5.92 Å². The third-order valence-corrected chi connectivity index (χ3v) is 2.01. The van der Waals surface area contributed by atoms with Crippen molar-refractivity contribution in [3.8, 4) is 0 Å². The molecule has 1 amide bonds. The summed E-state index contributed by atoms with van der Waals surface area (Å²) in [5.74, 6) is -0.261. The molecule has 0 aromatic carbocycles. The molecule has 2 atom stereocenters. The molecule has 0 radical (unpaired) electrons. The number of aliphatic hydroxyl groups excluding tert-OH is 1. The Labute approximate surface area is 84.3 Å². The molecule has 2 unspecified atom stereocenters. The zero-order valence-corrected chi connectivity index (χ0v) is 8.95. The Bertz CT molecular complexity index is 192. The molecular formula is C9H20N2O3. The van der Waals surface area contributed by atoms with Gasteiger partial charge in [-0.15, -0.1) is 0 Å². The van der Waals surface area contributed by atoms with Crippen LogP contribution in [0.5, 0.6) is 0 Å². The first-order valence-corrected chi connectivity index (χ1v) is 4.66. The normalized spacial score (nSPS) is 17.6. The summed E-state index contributed by atoms with van der Waals surface area (Å²) in [7, 11) is 0. The first kappa shape index (κ1) is 13.4. The molecule has 0 bridgehead atoms. The average Bonchev–Trinajstić information content (AvgIpc) is 2.13. The molecule has 0 aromatic heterocycles. The molecule has 0 fully saturated rings. The lowest BCUT2D eigenvalue weighted by Crippen LogP contribution is -2.50. The third kappa shape index (κ3) is 4.55. The van der Waals surface area contributed by atoms with Gasteiger partial charge in [0.2, 0.25) is 5.91 Å². The number of rotatable bonds is 5. The van der Waals surface area contributed by atoms with E-state index in [0.29, 0.717) is 0 Å². The van der Waals surface area contributed by atoms with Crippen LogP contribution in [0.1, 0.15) is 20.8 Å². The van der Waals surface area contributed by atoms with Crippen molar-refractivity contribution in [2.24, 2.45) is 11.7 Å².